The van der Waals surface area contributed by atoms with Crippen molar-refractivity contribution in [3.05, 3.63) is 12.4 Å². The molecule has 0 aliphatic carbocycles. The maximum Gasteiger partial charge on any atom is 0.147 e. The molecule has 1 aliphatic rings. The summed E-state index contributed by atoms with van der Waals surface area (Å²) in [5, 5.41) is 6.67. The molecule has 1 aromatic rings. The smallest absolute Gasteiger partial charge is 0.147 e. The Hall–Kier alpha value is -1.36. The Morgan fingerprint density at radius 2 is 2.05 bits per heavy atom. The predicted molar refractivity (Wildman–Crippen MR) is 79.6 cm³/mol. The molecule has 106 valence electrons. The largest absolute Gasteiger partial charge is 0.369 e. The van der Waals surface area contributed by atoms with Gasteiger partial charge in [0, 0.05) is 19.1 Å². The zero-order chi connectivity index (χ0) is 13.5. The van der Waals surface area contributed by atoms with Crippen molar-refractivity contribution in [2.45, 2.75) is 39.2 Å². The van der Waals surface area contributed by atoms with Gasteiger partial charge in [0.05, 0.1) is 12.4 Å². The van der Waals surface area contributed by atoms with Crippen LogP contribution in [0.1, 0.15) is 33.1 Å². The molecule has 2 N–H and O–H groups in total. The molecule has 2 heterocycles. The number of nitrogens with one attached hydrogen (secondary N) is 2. The molecule has 19 heavy (non-hydrogen) atoms. The quantitative estimate of drug-likeness (QED) is 0.790. The van der Waals surface area contributed by atoms with Gasteiger partial charge in [-0.1, -0.05) is 13.8 Å². The molecule has 1 fully saturated rings. The Morgan fingerprint density at radius 1 is 1.26 bits per heavy atom. The zero-order valence-electron chi connectivity index (χ0n) is 12.0. The van der Waals surface area contributed by atoms with Crippen molar-refractivity contribution in [3.8, 4) is 0 Å². The molecule has 1 aliphatic heterocycles. The number of aromatic nitrogens is 2. The lowest BCUT2D eigenvalue weighted by Crippen LogP contribution is -2.34. The fourth-order valence-corrected chi connectivity index (χ4v) is 2.55. The SMILES string of the molecule is CCCNc1cncc(NCC2CCCN2CC)n1. The Kier molecular flexibility index (Phi) is 5.39. The number of rotatable bonds is 7. The zero-order valence-corrected chi connectivity index (χ0v) is 12.0. The summed E-state index contributed by atoms with van der Waals surface area (Å²) in [5.74, 6) is 1.72. The first kappa shape index (κ1) is 14.1. The molecule has 5 nitrogen and oxygen atoms in total. The molecular formula is C14H25N5. The maximum atomic E-state index is 4.52. The maximum absolute atomic E-state index is 4.52. The highest BCUT2D eigenvalue weighted by Gasteiger charge is 2.22. The van der Waals surface area contributed by atoms with Crippen LogP contribution in [-0.4, -0.2) is 47.1 Å². The van der Waals surface area contributed by atoms with Crippen LogP contribution in [0.2, 0.25) is 0 Å². The van der Waals surface area contributed by atoms with Gasteiger partial charge in [-0.05, 0) is 32.4 Å². The summed E-state index contributed by atoms with van der Waals surface area (Å²) >= 11 is 0. The van der Waals surface area contributed by atoms with Crippen molar-refractivity contribution in [2.75, 3.05) is 36.8 Å². The molecule has 1 saturated heterocycles. The lowest BCUT2D eigenvalue weighted by atomic mass is 10.2. The highest BCUT2D eigenvalue weighted by atomic mass is 15.2. The van der Waals surface area contributed by atoms with Gasteiger partial charge in [-0.2, -0.15) is 0 Å². The van der Waals surface area contributed by atoms with Crippen molar-refractivity contribution >= 4 is 11.6 Å². The van der Waals surface area contributed by atoms with E-state index in [0.29, 0.717) is 6.04 Å². The highest BCUT2D eigenvalue weighted by molar-refractivity contribution is 5.41. The van der Waals surface area contributed by atoms with Gasteiger partial charge in [-0.25, -0.2) is 4.98 Å². The molecule has 0 saturated carbocycles. The van der Waals surface area contributed by atoms with Crippen LogP contribution in [0, 0.1) is 0 Å². The number of likely N-dealkylation sites (N-methyl/N-ethyl adjacent to an activating group) is 1. The molecular weight excluding hydrogens is 238 g/mol. The van der Waals surface area contributed by atoms with Crippen molar-refractivity contribution in [1.29, 1.82) is 0 Å². The van der Waals surface area contributed by atoms with Crippen molar-refractivity contribution in [2.24, 2.45) is 0 Å². The fraction of sp³-hybridized carbons (Fsp3) is 0.714. The minimum Gasteiger partial charge on any atom is -0.369 e. The Bertz CT molecular complexity index is 382. The van der Waals surface area contributed by atoms with Gasteiger partial charge in [0.25, 0.3) is 0 Å². The lowest BCUT2D eigenvalue weighted by Gasteiger charge is -2.23. The summed E-state index contributed by atoms with van der Waals surface area (Å²) in [5.41, 5.74) is 0. The fourth-order valence-electron chi connectivity index (χ4n) is 2.55. The van der Waals surface area contributed by atoms with E-state index in [1.165, 1.54) is 19.4 Å². The first-order valence-corrected chi connectivity index (χ1v) is 7.37. The minimum absolute atomic E-state index is 0.638. The van der Waals surface area contributed by atoms with Gasteiger partial charge >= 0.3 is 0 Å². The van der Waals surface area contributed by atoms with Crippen molar-refractivity contribution in [1.82, 2.24) is 14.9 Å². The molecule has 1 atom stereocenters. The number of hydrogen-bond donors (Lipinski definition) is 2. The Labute approximate surface area is 115 Å². The summed E-state index contributed by atoms with van der Waals surface area (Å²) in [6, 6.07) is 0.638. The molecule has 1 unspecified atom stereocenters. The van der Waals surface area contributed by atoms with Gasteiger partial charge in [-0.3, -0.25) is 9.88 Å². The Morgan fingerprint density at radius 3 is 2.79 bits per heavy atom. The Balaban J connectivity index is 1.85. The van der Waals surface area contributed by atoms with Gasteiger partial charge in [0.1, 0.15) is 11.6 Å². The van der Waals surface area contributed by atoms with Crippen LogP contribution >= 0.6 is 0 Å². The molecule has 0 amide bonds. The number of likely N-dealkylation sites (tertiary alicyclic amines) is 1. The summed E-state index contributed by atoms with van der Waals surface area (Å²) in [4.78, 5) is 11.3. The minimum atomic E-state index is 0.638. The van der Waals surface area contributed by atoms with E-state index < -0.39 is 0 Å². The van der Waals surface area contributed by atoms with Crippen LogP contribution in [0.5, 0.6) is 0 Å². The molecule has 2 rings (SSSR count). The normalized spacial score (nSPS) is 19.6. The first-order chi connectivity index (χ1) is 9.33. The number of anilines is 2. The predicted octanol–water partition coefficient (Wildman–Crippen LogP) is 2.19. The van der Waals surface area contributed by atoms with Crippen molar-refractivity contribution in [3.63, 3.8) is 0 Å². The van der Waals surface area contributed by atoms with Gasteiger partial charge in [0.2, 0.25) is 0 Å². The van der Waals surface area contributed by atoms with E-state index in [1.807, 2.05) is 0 Å². The van der Waals surface area contributed by atoms with Crippen LogP contribution in [0.4, 0.5) is 11.6 Å². The van der Waals surface area contributed by atoms with Crippen molar-refractivity contribution < 1.29 is 0 Å². The van der Waals surface area contributed by atoms with E-state index in [-0.39, 0.29) is 0 Å². The number of hydrogen-bond acceptors (Lipinski definition) is 5. The van der Waals surface area contributed by atoms with E-state index in [2.05, 4.69) is 39.3 Å². The third-order valence-electron chi connectivity index (χ3n) is 3.61. The van der Waals surface area contributed by atoms with Crippen LogP contribution in [-0.2, 0) is 0 Å². The summed E-state index contributed by atoms with van der Waals surface area (Å²) in [6.07, 6.45) is 7.25. The van der Waals surface area contributed by atoms with E-state index in [9.17, 15) is 0 Å². The molecule has 5 heteroatoms. The van der Waals surface area contributed by atoms with E-state index >= 15 is 0 Å². The lowest BCUT2D eigenvalue weighted by molar-refractivity contribution is 0.277. The average molecular weight is 263 g/mol. The summed E-state index contributed by atoms with van der Waals surface area (Å²) < 4.78 is 0. The third kappa shape index (κ3) is 4.06. The molecule has 0 aromatic carbocycles. The second-order valence-electron chi connectivity index (χ2n) is 5.02. The van der Waals surface area contributed by atoms with E-state index in [0.717, 1.165) is 37.7 Å². The van der Waals surface area contributed by atoms with Gasteiger partial charge in [-0.15, -0.1) is 0 Å². The van der Waals surface area contributed by atoms with Crippen LogP contribution < -0.4 is 10.6 Å². The highest BCUT2D eigenvalue weighted by Crippen LogP contribution is 2.17. The second kappa shape index (κ2) is 7.28. The third-order valence-corrected chi connectivity index (χ3v) is 3.61. The average Bonchev–Trinajstić information content (AvgIpc) is 2.91. The van der Waals surface area contributed by atoms with Crippen LogP contribution in [0.15, 0.2) is 12.4 Å². The molecule has 0 spiro atoms. The first-order valence-electron chi connectivity index (χ1n) is 7.37. The van der Waals surface area contributed by atoms with Crippen LogP contribution in [0.25, 0.3) is 0 Å². The molecule has 0 bridgehead atoms. The topological polar surface area (TPSA) is 53.1 Å². The second-order valence-corrected chi connectivity index (χ2v) is 5.02. The molecule has 1 aromatic heterocycles. The summed E-state index contributed by atoms with van der Waals surface area (Å²) in [6.45, 7) is 8.63. The van der Waals surface area contributed by atoms with Gasteiger partial charge in [0.15, 0.2) is 0 Å². The summed E-state index contributed by atoms with van der Waals surface area (Å²) in [7, 11) is 0. The van der Waals surface area contributed by atoms with E-state index in [1.54, 1.807) is 12.4 Å². The van der Waals surface area contributed by atoms with Crippen LogP contribution in [0.3, 0.4) is 0 Å². The number of nitrogens with zero attached hydrogens (tertiary/aromatic N) is 3. The van der Waals surface area contributed by atoms with E-state index in [4.69, 9.17) is 0 Å². The molecule has 0 radical (unpaired) electrons. The van der Waals surface area contributed by atoms with Gasteiger partial charge < -0.3 is 10.6 Å². The standard InChI is InChI=1S/C14H25N5/c1-3-7-16-13-10-15-11-14(18-13)17-9-12-6-5-8-19(12)4-2/h10-12H,3-9H2,1-2H3,(H2,16,17,18). The monoisotopic (exact) mass is 263 g/mol.